The van der Waals surface area contributed by atoms with E-state index in [4.69, 9.17) is 39.6 Å². The van der Waals surface area contributed by atoms with E-state index in [-0.39, 0.29) is 11.6 Å². The van der Waals surface area contributed by atoms with Gasteiger partial charge in [-0.05, 0) is 48.0 Å². The predicted octanol–water partition coefficient (Wildman–Crippen LogP) is 6.49. The smallest absolute Gasteiger partial charge is 0.157 e. The van der Waals surface area contributed by atoms with Crippen LogP contribution in [0.25, 0.3) is 0 Å². The van der Waals surface area contributed by atoms with E-state index >= 15 is 0 Å². The first-order chi connectivity index (χ1) is 12.6. The lowest BCUT2D eigenvalue weighted by Crippen LogP contribution is -2.20. The third kappa shape index (κ3) is 4.46. The largest absolute Gasteiger partial charge is 0.267 e. The van der Waals surface area contributed by atoms with Crippen LogP contribution in [0.1, 0.15) is 5.56 Å². The minimum Gasteiger partial charge on any atom is -0.267 e. The molecule has 0 saturated carbocycles. The molecule has 0 saturated heterocycles. The van der Waals surface area contributed by atoms with Crippen LogP contribution in [0.2, 0.25) is 15.1 Å². The first-order valence-electron chi connectivity index (χ1n) is 7.78. The molecular weight excluding hydrogens is 398 g/mol. The van der Waals surface area contributed by atoms with Crippen molar-refractivity contribution in [2.75, 3.05) is 11.7 Å². The van der Waals surface area contributed by atoms with Crippen molar-refractivity contribution in [2.24, 2.45) is 0 Å². The fourth-order valence-corrected chi connectivity index (χ4v) is 3.13. The summed E-state index contributed by atoms with van der Waals surface area (Å²) in [6.45, 7) is 0.214. The van der Waals surface area contributed by atoms with Crippen molar-refractivity contribution < 1.29 is 9.23 Å². The molecule has 0 radical (unpaired) electrons. The molecule has 0 aliphatic heterocycles. The van der Waals surface area contributed by atoms with Gasteiger partial charge in [0.05, 0.1) is 17.3 Å². The lowest BCUT2D eigenvalue weighted by molar-refractivity contribution is 0.137. The molecule has 0 spiro atoms. The van der Waals surface area contributed by atoms with E-state index in [1.807, 2.05) is 30.3 Å². The van der Waals surface area contributed by atoms with E-state index in [0.717, 1.165) is 0 Å². The highest BCUT2D eigenvalue weighted by atomic mass is 35.5. The highest BCUT2D eigenvalue weighted by molar-refractivity contribution is 6.36. The summed E-state index contributed by atoms with van der Waals surface area (Å²) in [6, 6.07) is 15.4. The Bertz CT molecular complexity index is 893. The molecule has 134 valence electrons. The van der Waals surface area contributed by atoms with Crippen LogP contribution in [0, 0.1) is 5.82 Å². The summed E-state index contributed by atoms with van der Waals surface area (Å²) in [5.74, 6) is 0.0775. The van der Waals surface area contributed by atoms with Crippen LogP contribution in [0.5, 0.6) is 0 Å². The van der Waals surface area contributed by atoms with Crippen molar-refractivity contribution in [3.8, 4) is 0 Å². The van der Waals surface area contributed by atoms with Crippen molar-refractivity contribution in [3.05, 3.63) is 87.2 Å². The van der Waals surface area contributed by atoms with Gasteiger partial charge >= 0.3 is 0 Å². The molecule has 3 aromatic rings. The zero-order chi connectivity index (χ0) is 18.5. The van der Waals surface area contributed by atoms with Crippen LogP contribution in [0.4, 0.5) is 15.9 Å². The van der Waals surface area contributed by atoms with Crippen LogP contribution in [0.3, 0.4) is 0 Å². The summed E-state index contributed by atoms with van der Waals surface area (Å²) in [4.78, 5) is 10.2. The van der Waals surface area contributed by atoms with E-state index < -0.39 is 5.82 Å². The minimum atomic E-state index is -0.512. The molecular formula is C19H14Cl3FN2O. The van der Waals surface area contributed by atoms with Gasteiger partial charge in [-0.25, -0.2) is 14.4 Å². The number of pyridine rings is 1. The predicted molar refractivity (Wildman–Crippen MR) is 104 cm³/mol. The van der Waals surface area contributed by atoms with E-state index in [2.05, 4.69) is 4.98 Å². The van der Waals surface area contributed by atoms with E-state index in [1.165, 1.54) is 12.1 Å². The first-order valence-corrected chi connectivity index (χ1v) is 8.91. The summed E-state index contributed by atoms with van der Waals surface area (Å²) in [5, 5.41) is 2.54. The number of hydrogen-bond donors (Lipinski definition) is 0. The van der Waals surface area contributed by atoms with Gasteiger partial charge in [-0.3, -0.25) is 4.84 Å². The minimum absolute atomic E-state index is 0.00763. The van der Waals surface area contributed by atoms with E-state index in [1.54, 1.807) is 23.4 Å². The van der Waals surface area contributed by atoms with Crippen molar-refractivity contribution in [2.45, 2.75) is 6.42 Å². The van der Waals surface area contributed by atoms with Gasteiger partial charge in [0.2, 0.25) is 0 Å². The Balaban J connectivity index is 1.80. The monoisotopic (exact) mass is 410 g/mol. The van der Waals surface area contributed by atoms with Gasteiger partial charge in [0.15, 0.2) is 5.82 Å². The van der Waals surface area contributed by atoms with Crippen LogP contribution < -0.4 is 5.06 Å². The summed E-state index contributed by atoms with van der Waals surface area (Å²) < 4.78 is 13.7. The Morgan fingerprint density at radius 1 is 1.00 bits per heavy atom. The second-order valence-electron chi connectivity index (χ2n) is 5.37. The van der Waals surface area contributed by atoms with Crippen LogP contribution in [-0.4, -0.2) is 11.6 Å². The number of benzene rings is 2. The fourth-order valence-electron chi connectivity index (χ4n) is 2.39. The number of rotatable bonds is 6. The summed E-state index contributed by atoms with van der Waals surface area (Å²) in [5.41, 5.74) is 1.22. The van der Waals surface area contributed by atoms with E-state index in [0.29, 0.717) is 33.5 Å². The molecule has 0 fully saturated rings. The molecule has 0 aliphatic carbocycles. The molecule has 26 heavy (non-hydrogen) atoms. The van der Waals surface area contributed by atoms with E-state index in [9.17, 15) is 4.39 Å². The topological polar surface area (TPSA) is 25.4 Å². The third-order valence-electron chi connectivity index (χ3n) is 3.61. The molecule has 0 N–H and O–H groups in total. The number of anilines is 2. The zero-order valence-electron chi connectivity index (χ0n) is 13.5. The molecule has 3 nitrogen and oxygen atoms in total. The molecule has 2 aromatic carbocycles. The molecule has 3 rings (SSSR count). The molecule has 0 amide bonds. The Morgan fingerprint density at radius 3 is 2.58 bits per heavy atom. The Morgan fingerprint density at radius 2 is 1.85 bits per heavy atom. The lowest BCUT2D eigenvalue weighted by Gasteiger charge is -2.23. The Hall–Kier alpha value is -1.85. The van der Waals surface area contributed by atoms with Gasteiger partial charge in [0.25, 0.3) is 0 Å². The first kappa shape index (κ1) is 18.9. The highest BCUT2D eigenvalue weighted by Crippen LogP contribution is 2.29. The van der Waals surface area contributed by atoms with Gasteiger partial charge in [-0.15, -0.1) is 0 Å². The zero-order valence-corrected chi connectivity index (χ0v) is 15.8. The van der Waals surface area contributed by atoms with Crippen LogP contribution >= 0.6 is 34.8 Å². The molecule has 1 aromatic heterocycles. The molecule has 0 unspecified atom stereocenters. The van der Waals surface area contributed by atoms with Crippen LogP contribution in [-0.2, 0) is 11.3 Å². The maximum absolute atomic E-state index is 13.7. The second-order valence-corrected chi connectivity index (χ2v) is 6.59. The normalized spacial score (nSPS) is 10.8. The molecule has 7 heteroatoms. The second kappa shape index (κ2) is 8.69. The van der Waals surface area contributed by atoms with Gasteiger partial charge < -0.3 is 0 Å². The molecule has 0 atom stereocenters. The van der Waals surface area contributed by atoms with Crippen molar-refractivity contribution in [1.82, 2.24) is 4.98 Å². The number of nitrogens with zero attached hydrogens (tertiary/aromatic N) is 2. The van der Waals surface area contributed by atoms with Gasteiger partial charge in [0.1, 0.15) is 5.82 Å². The van der Waals surface area contributed by atoms with Crippen LogP contribution in [0.15, 0.2) is 60.8 Å². The number of halogens is 4. The number of hydrogen-bond acceptors (Lipinski definition) is 3. The quantitative estimate of drug-likeness (QED) is 0.342. The standard InChI is InChI=1S/C19H14Cl3FN2O/c20-13-4-3-5-14(12-13)25(18-6-1-2-10-24-18)26-11-9-15-16(21)7-8-17(23)19(15)22/h1-8,10,12H,9,11H2. The summed E-state index contributed by atoms with van der Waals surface area (Å²) in [6.07, 6.45) is 2.00. The van der Waals surface area contributed by atoms with Gasteiger partial charge in [-0.1, -0.05) is 46.9 Å². The maximum Gasteiger partial charge on any atom is 0.157 e. The number of aromatic nitrogens is 1. The Kier molecular flexibility index (Phi) is 6.33. The molecule has 1 heterocycles. The summed E-state index contributed by atoms with van der Waals surface area (Å²) in [7, 11) is 0. The Labute approximate surface area is 165 Å². The molecule has 0 aliphatic rings. The SMILES string of the molecule is Fc1ccc(Cl)c(CCON(c2cccc(Cl)c2)c2ccccn2)c1Cl. The maximum atomic E-state index is 13.7. The third-order valence-corrected chi connectivity index (χ3v) is 4.61. The molecule has 0 bridgehead atoms. The highest BCUT2D eigenvalue weighted by Gasteiger charge is 2.15. The van der Waals surface area contributed by atoms with Crippen molar-refractivity contribution in [3.63, 3.8) is 0 Å². The van der Waals surface area contributed by atoms with Gasteiger partial charge in [0, 0.05) is 22.7 Å². The average Bonchev–Trinajstić information content (AvgIpc) is 2.65. The van der Waals surface area contributed by atoms with Crippen molar-refractivity contribution in [1.29, 1.82) is 0 Å². The van der Waals surface area contributed by atoms with Gasteiger partial charge in [-0.2, -0.15) is 0 Å². The summed E-state index contributed by atoms with van der Waals surface area (Å²) >= 11 is 18.2. The fraction of sp³-hybridized carbons (Fsp3) is 0.105. The average molecular weight is 412 g/mol. The van der Waals surface area contributed by atoms with Crippen molar-refractivity contribution >= 4 is 46.3 Å². The lowest BCUT2D eigenvalue weighted by atomic mass is 10.1.